The molecule has 1 aliphatic heterocycles. The Morgan fingerprint density at radius 1 is 1.05 bits per heavy atom. The van der Waals surface area contributed by atoms with Crippen molar-refractivity contribution >= 4 is 29.4 Å². The molecule has 10 nitrogen and oxygen atoms in total. The quantitative estimate of drug-likeness (QED) is 0.169. The molecule has 0 spiro atoms. The van der Waals surface area contributed by atoms with Gasteiger partial charge in [0.15, 0.2) is 0 Å². The second kappa shape index (κ2) is 13.0. The van der Waals surface area contributed by atoms with Gasteiger partial charge in [-0.3, -0.25) is 19.9 Å². The fourth-order valence-corrected chi connectivity index (χ4v) is 5.96. The van der Waals surface area contributed by atoms with Crippen LogP contribution in [0.3, 0.4) is 0 Å². The summed E-state index contributed by atoms with van der Waals surface area (Å²) in [6.07, 6.45) is 10.6. The van der Waals surface area contributed by atoms with Crippen LogP contribution in [0.25, 0.3) is 0 Å². The molecule has 2 fully saturated rings. The number of nitro benzene ring substituents is 1. The number of esters is 2. The Morgan fingerprint density at radius 3 is 2.36 bits per heavy atom. The van der Waals surface area contributed by atoms with Gasteiger partial charge in [-0.2, -0.15) is 0 Å². The number of hydrogen-bond donors (Lipinski definition) is 1. The lowest BCUT2D eigenvalue weighted by Gasteiger charge is -2.31. The van der Waals surface area contributed by atoms with Crippen LogP contribution in [0, 0.1) is 16.0 Å². The third-order valence-electron chi connectivity index (χ3n) is 7.94. The van der Waals surface area contributed by atoms with Gasteiger partial charge >= 0.3 is 11.9 Å². The number of allylic oxidation sites excluding steroid dienone is 1. The topological polar surface area (TPSA) is 132 Å². The summed E-state index contributed by atoms with van der Waals surface area (Å²) in [6, 6.07) is 6.43. The van der Waals surface area contributed by atoms with Crippen molar-refractivity contribution in [3.8, 4) is 0 Å². The highest BCUT2D eigenvalue weighted by molar-refractivity contribution is 6.08. The predicted molar refractivity (Wildman–Crippen MR) is 148 cm³/mol. The average molecular weight is 539 g/mol. The summed E-state index contributed by atoms with van der Waals surface area (Å²) in [4.78, 5) is 47.2. The third-order valence-corrected chi connectivity index (χ3v) is 7.94. The summed E-state index contributed by atoms with van der Waals surface area (Å²) >= 11 is 0. The van der Waals surface area contributed by atoms with Crippen LogP contribution < -0.4 is 5.32 Å². The van der Waals surface area contributed by atoms with Crippen LogP contribution in [0.1, 0.15) is 89.5 Å². The highest BCUT2D eigenvalue weighted by Gasteiger charge is 2.43. The first kappa shape index (κ1) is 28.4. The Bertz CT molecular complexity index is 1180. The monoisotopic (exact) mass is 538 g/mol. The number of non-ortho nitro benzene ring substituents is 1. The van der Waals surface area contributed by atoms with Gasteiger partial charge in [-0.25, -0.2) is 9.79 Å². The molecule has 1 N–H and O–H groups in total. The largest absolute Gasteiger partial charge is 0.468 e. The van der Waals surface area contributed by atoms with E-state index in [2.05, 4.69) is 10.3 Å². The summed E-state index contributed by atoms with van der Waals surface area (Å²) in [5.74, 6) is -3.06. The van der Waals surface area contributed by atoms with Crippen molar-refractivity contribution in [2.24, 2.45) is 15.9 Å². The van der Waals surface area contributed by atoms with E-state index in [9.17, 15) is 19.7 Å². The molecule has 0 amide bonds. The Labute approximate surface area is 229 Å². The van der Waals surface area contributed by atoms with Crippen LogP contribution in [-0.4, -0.2) is 47.8 Å². The van der Waals surface area contributed by atoms with Gasteiger partial charge in [-0.1, -0.05) is 50.7 Å². The van der Waals surface area contributed by atoms with Gasteiger partial charge in [0.25, 0.3) is 11.7 Å². The zero-order chi connectivity index (χ0) is 27.9. The molecule has 39 heavy (non-hydrogen) atoms. The maximum Gasteiger partial charge on any atom is 0.344 e. The van der Waals surface area contributed by atoms with Crippen molar-refractivity contribution in [3.63, 3.8) is 0 Å². The lowest BCUT2D eigenvalue weighted by molar-refractivity contribution is -0.384. The number of amidine groups is 1. The molecule has 0 bridgehead atoms. The average Bonchev–Trinajstić information content (AvgIpc) is 2.93. The summed E-state index contributed by atoms with van der Waals surface area (Å²) in [7, 11) is 1.27. The number of benzene rings is 1. The molecule has 0 saturated heterocycles. The van der Waals surface area contributed by atoms with Gasteiger partial charge in [-0.15, -0.1) is 0 Å². The highest BCUT2D eigenvalue weighted by Crippen LogP contribution is 2.41. The van der Waals surface area contributed by atoms with Gasteiger partial charge in [-0.05, 0) is 45.1 Å². The fraction of sp³-hybridized carbons (Fsp3) is 0.586. The van der Waals surface area contributed by atoms with Crippen molar-refractivity contribution in [2.45, 2.75) is 96.1 Å². The second-order valence-electron chi connectivity index (χ2n) is 10.7. The van der Waals surface area contributed by atoms with E-state index in [1.807, 2.05) is 0 Å². The number of nitrogens with zero attached hydrogens (tertiary/aromatic N) is 3. The molecule has 2 saturated carbocycles. The van der Waals surface area contributed by atoms with Crippen LogP contribution in [-0.2, 0) is 19.1 Å². The number of nitrogens with one attached hydrogen (secondary N) is 1. The normalized spacial score (nSPS) is 23.2. The number of ether oxygens (including phenoxy) is 2. The Balaban J connectivity index is 1.71. The van der Waals surface area contributed by atoms with Crippen LogP contribution >= 0.6 is 0 Å². The van der Waals surface area contributed by atoms with Gasteiger partial charge in [0.1, 0.15) is 5.92 Å². The molecule has 1 heterocycles. The second-order valence-corrected chi connectivity index (χ2v) is 10.7. The summed E-state index contributed by atoms with van der Waals surface area (Å²) < 4.78 is 11.0. The maximum atomic E-state index is 13.9. The van der Waals surface area contributed by atoms with E-state index < -0.39 is 28.7 Å². The minimum absolute atomic E-state index is 0.0784. The molecule has 10 heteroatoms. The molecule has 210 valence electrons. The lowest BCUT2D eigenvalue weighted by atomic mass is 9.75. The molecule has 0 aromatic heterocycles. The molecule has 4 rings (SSSR count). The first-order valence-corrected chi connectivity index (χ1v) is 13.9. The minimum atomic E-state index is -0.937. The first-order valence-electron chi connectivity index (χ1n) is 13.9. The predicted octanol–water partition coefficient (Wildman–Crippen LogP) is 5.37. The number of carbonyl (C=O) groups excluding carboxylic acids is 2. The van der Waals surface area contributed by atoms with Crippen molar-refractivity contribution in [3.05, 3.63) is 51.2 Å². The fourth-order valence-electron chi connectivity index (χ4n) is 5.96. The van der Waals surface area contributed by atoms with Crippen LogP contribution in [0.5, 0.6) is 0 Å². The van der Waals surface area contributed by atoms with Crippen molar-refractivity contribution in [1.29, 1.82) is 0 Å². The smallest absolute Gasteiger partial charge is 0.344 e. The Kier molecular flexibility index (Phi) is 9.48. The van der Waals surface area contributed by atoms with Gasteiger partial charge < -0.3 is 14.8 Å². The SMILES string of the molecule is COC(=O)C1C(C)=NC(C)=C(C(=O)OC(=NC2CCCCC2)NC2CCCCC2)C1c1cccc([N+](=O)[O-])c1. The molecule has 3 aliphatic rings. The molecule has 1 aromatic rings. The third kappa shape index (κ3) is 6.91. The van der Waals surface area contributed by atoms with E-state index in [-0.39, 0.29) is 29.4 Å². The molecular weight excluding hydrogens is 500 g/mol. The van der Waals surface area contributed by atoms with E-state index >= 15 is 0 Å². The number of carbonyl (C=O) groups is 2. The summed E-state index contributed by atoms with van der Waals surface area (Å²) in [5.41, 5.74) is 1.32. The van der Waals surface area contributed by atoms with E-state index in [4.69, 9.17) is 14.5 Å². The molecule has 2 atom stereocenters. The van der Waals surface area contributed by atoms with Crippen LogP contribution in [0.2, 0.25) is 0 Å². The molecule has 2 aliphatic carbocycles. The number of methoxy groups -OCH3 is 1. The van der Waals surface area contributed by atoms with Crippen LogP contribution in [0.15, 0.2) is 45.5 Å². The zero-order valence-corrected chi connectivity index (χ0v) is 23.0. The Hall–Kier alpha value is -3.56. The molecule has 2 unspecified atom stereocenters. The minimum Gasteiger partial charge on any atom is -0.468 e. The van der Waals surface area contributed by atoms with Gasteiger partial charge in [0, 0.05) is 35.5 Å². The number of aliphatic imine (C=N–C) groups is 2. The maximum absolute atomic E-state index is 13.9. The number of rotatable bonds is 6. The number of nitro groups is 1. The van der Waals surface area contributed by atoms with Gasteiger partial charge in [0.05, 0.1) is 23.6 Å². The first-order chi connectivity index (χ1) is 18.8. The zero-order valence-electron chi connectivity index (χ0n) is 23.0. The van der Waals surface area contributed by atoms with E-state index in [0.717, 1.165) is 51.4 Å². The standard InChI is InChI=1S/C29H38N4O6/c1-18-24(27(34)38-3)26(20-11-10-16-23(17-20)33(36)37)25(19(2)30-18)28(35)39-29(31-21-12-6-4-7-13-21)32-22-14-8-5-9-15-22/h10-11,16-17,21-22,24,26H,4-9,12-15H2,1-3H3,(H,31,32). The highest BCUT2D eigenvalue weighted by atomic mass is 16.6. The number of hydrogen-bond acceptors (Lipinski definition) is 8. The van der Waals surface area contributed by atoms with Crippen molar-refractivity contribution in [2.75, 3.05) is 7.11 Å². The van der Waals surface area contributed by atoms with E-state index in [0.29, 0.717) is 17.0 Å². The summed E-state index contributed by atoms with van der Waals surface area (Å²) in [5, 5.41) is 14.9. The van der Waals surface area contributed by atoms with E-state index in [1.54, 1.807) is 26.0 Å². The van der Waals surface area contributed by atoms with Crippen molar-refractivity contribution < 1.29 is 24.0 Å². The van der Waals surface area contributed by atoms with Crippen molar-refractivity contribution in [1.82, 2.24) is 5.32 Å². The molecule has 1 aromatic carbocycles. The molecular formula is C29H38N4O6. The Morgan fingerprint density at radius 2 is 1.72 bits per heavy atom. The van der Waals surface area contributed by atoms with Gasteiger partial charge in [0.2, 0.25) is 0 Å². The van der Waals surface area contributed by atoms with E-state index in [1.165, 1.54) is 32.1 Å². The van der Waals surface area contributed by atoms with Crippen LogP contribution in [0.4, 0.5) is 5.69 Å². The lowest BCUT2D eigenvalue weighted by Crippen LogP contribution is -2.41. The molecule has 0 radical (unpaired) electrons. The summed E-state index contributed by atoms with van der Waals surface area (Å²) in [6.45, 7) is 3.38.